The number of aromatic hydroxyl groups is 1. The van der Waals surface area contributed by atoms with E-state index in [2.05, 4.69) is 35.5 Å². The van der Waals surface area contributed by atoms with Crippen LogP contribution in [0.1, 0.15) is 55.0 Å². The molecule has 1 heterocycles. The van der Waals surface area contributed by atoms with Gasteiger partial charge in [-0.05, 0) is 74.4 Å². The van der Waals surface area contributed by atoms with Gasteiger partial charge in [0, 0.05) is 42.4 Å². The lowest BCUT2D eigenvalue weighted by molar-refractivity contribution is -0.123. The maximum atomic E-state index is 12.8. The van der Waals surface area contributed by atoms with E-state index < -0.39 is 6.04 Å². The first-order valence-corrected chi connectivity index (χ1v) is 14.5. The second kappa shape index (κ2) is 14.2. The van der Waals surface area contributed by atoms with Crippen LogP contribution in [0.2, 0.25) is 0 Å². The summed E-state index contributed by atoms with van der Waals surface area (Å²) < 4.78 is 6.16. The Hall–Kier alpha value is -3.87. The quantitative estimate of drug-likeness (QED) is 0.237. The van der Waals surface area contributed by atoms with Gasteiger partial charge in [-0.2, -0.15) is 0 Å². The van der Waals surface area contributed by atoms with Crippen molar-refractivity contribution in [1.82, 2.24) is 10.2 Å². The molecule has 4 rings (SSSR count). The summed E-state index contributed by atoms with van der Waals surface area (Å²) in [6, 6.07) is 19.1. The normalized spacial score (nSPS) is 14.9. The van der Waals surface area contributed by atoms with E-state index >= 15 is 0 Å². The maximum absolute atomic E-state index is 12.8. The van der Waals surface area contributed by atoms with Crippen LogP contribution in [0.4, 0.5) is 0 Å². The number of nitrogens with zero attached hydrogens (tertiary/aromatic N) is 1. The van der Waals surface area contributed by atoms with E-state index in [0.29, 0.717) is 13.0 Å². The summed E-state index contributed by atoms with van der Waals surface area (Å²) in [6.07, 6.45) is 6.84. The topological polar surface area (TPSA) is 87.8 Å². The van der Waals surface area contributed by atoms with Gasteiger partial charge in [-0.1, -0.05) is 54.6 Å². The van der Waals surface area contributed by atoms with Gasteiger partial charge in [0.25, 0.3) is 0 Å². The molecule has 0 aliphatic carbocycles. The number of nitrogens with two attached hydrogens (primary N) is 1. The van der Waals surface area contributed by atoms with Crippen molar-refractivity contribution in [2.45, 2.75) is 64.3 Å². The minimum absolute atomic E-state index is 0.000931. The van der Waals surface area contributed by atoms with Crippen LogP contribution in [0.15, 0.2) is 86.0 Å². The van der Waals surface area contributed by atoms with Crippen LogP contribution in [-0.4, -0.2) is 41.1 Å². The number of hydrogen-bond donors (Lipinski definition) is 3. The number of allylic oxidation sites excluding steroid dienone is 2. The minimum atomic E-state index is -0.674. The first kappa shape index (κ1) is 30.1. The maximum Gasteiger partial charge on any atom is 0.241 e. The largest absolute Gasteiger partial charge is 0.507 e. The molecule has 41 heavy (non-hydrogen) atoms. The predicted molar refractivity (Wildman–Crippen MR) is 167 cm³/mol. The van der Waals surface area contributed by atoms with Crippen molar-refractivity contribution < 1.29 is 14.6 Å². The van der Waals surface area contributed by atoms with Crippen molar-refractivity contribution in [1.29, 1.82) is 0 Å². The number of piperidine rings is 1. The van der Waals surface area contributed by atoms with Crippen LogP contribution in [0, 0.1) is 0 Å². The number of nitrogens with one attached hydrogen (secondary N) is 1. The predicted octanol–water partition coefficient (Wildman–Crippen LogP) is 6.08. The summed E-state index contributed by atoms with van der Waals surface area (Å²) in [6.45, 7) is 14.0. The van der Waals surface area contributed by atoms with Crippen molar-refractivity contribution in [3.05, 3.63) is 108 Å². The Kier molecular flexibility index (Phi) is 10.4. The van der Waals surface area contributed by atoms with Gasteiger partial charge in [0.15, 0.2) is 0 Å². The summed E-state index contributed by atoms with van der Waals surface area (Å²) in [7, 11) is 0. The highest BCUT2D eigenvalue weighted by molar-refractivity contribution is 5.83. The molecule has 1 atom stereocenters. The van der Waals surface area contributed by atoms with Crippen molar-refractivity contribution in [3.63, 3.8) is 0 Å². The Labute approximate surface area is 244 Å². The fourth-order valence-corrected chi connectivity index (χ4v) is 5.39. The molecule has 3 aromatic rings. The molecule has 1 amide bonds. The minimum Gasteiger partial charge on any atom is -0.507 e. The fourth-order valence-electron chi connectivity index (χ4n) is 5.39. The lowest BCUT2D eigenvalue weighted by Gasteiger charge is -2.33. The highest BCUT2D eigenvalue weighted by atomic mass is 16.5. The van der Waals surface area contributed by atoms with Crippen LogP contribution in [-0.2, 0) is 24.2 Å². The second-order valence-electron chi connectivity index (χ2n) is 11.1. The van der Waals surface area contributed by atoms with Crippen LogP contribution in [0.5, 0.6) is 11.5 Å². The Morgan fingerprint density at radius 3 is 2.34 bits per heavy atom. The molecule has 1 aliphatic heterocycles. The molecular formula is C35H43N3O3. The Morgan fingerprint density at radius 2 is 1.68 bits per heavy atom. The van der Waals surface area contributed by atoms with Gasteiger partial charge in [0.05, 0.1) is 6.10 Å². The molecule has 1 saturated heterocycles. The van der Waals surface area contributed by atoms with Crippen molar-refractivity contribution >= 4 is 5.91 Å². The highest BCUT2D eigenvalue weighted by Gasteiger charge is 2.25. The molecule has 0 radical (unpaired) electrons. The van der Waals surface area contributed by atoms with Crippen molar-refractivity contribution in [2.75, 3.05) is 13.1 Å². The Morgan fingerprint density at radius 1 is 1.02 bits per heavy atom. The molecule has 0 spiro atoms. The van der Waals surface area contributed by atoms with Crippen LogP contribution >= 0.6 is 0 Å². The SMILES string of the molecule is C=CCc1ccc(OC(C)C)c(-c2cc(CC=C)cc(CN3CCC(NC(=O)[C@H](N)c4ccccc4)CC3)c2O)c1. The van der Waals surface area contributed by atoms with E-state index in [1.54, 1.807) is 0 Å². The second-order valence-corrected chi connectivity index (χ2v) is 11.1. The monoisotopic (exact) mass is 553 g/mol. The third kappa shape index (κ3) is 7.87. The number of hydrogen-bond acceptors (Lipinski definition) is 5. The first-order chi connectivity index (χ1) is 19.8. The van der Waals surface area contributed by atoms with E-state index in [1.165, 1.54) is 0 Å². The van der Waals surface area contributed by atoms with Gasteiger partial charge in [-0.15, -0.1) is 13.2 Å². The van der Waals surface area contributed by atoms with Crippen LogP contribution in [0.25, 0.3) is 11.1 Å². The average molecular weight is 554 g/mol. The Bertz CT molecular complexity index is 1340. The number of ether oxygens (including phenoxy) is 1. The lowest BCUT2D eigenvalue weighted by atomic mass is 9.94. The number of likely N-dealkylation sites (tertiary alicyclic amines) is 1. The highest BCUT2D eigenvalue weighted by Crippen LogP contribution is 2.40. The summed E-state index contributed by atoms with van der Waals surface area (Å²) in [4.78, 5) is 15.1. The number of phenolic OH excluding ortho intramolecular Hbond substituents is 1. The van der Waals surface area contributed by atoms with Crippen molar-refractivity contribution in [2.24, 2.45) is 5.73 Å². The smallest absolute Gasteiger partial charge is 0.241 e. The third-order valence-corrected chi connectivity index (χ3v) is 7.47. The standard InChI is InChI=1S/C35H43N3O3/c1-5-10-25-14-15-32(41-24(3)4)30(21-25)31-22-26(11-6-2)20-28(34(31)39)23-38-18-16-29(17-19-38)37-35(40)33(36)27-12-8-7-9-13-27/h5-9,12-15,20-22,24,29,33,39H,1-2,10-11,16-19,23,36H2,3-4H3,(H,37,40)/t33-/m1/s1. The van der Waals surface area contributed by atoms with Gasteiger partial charge in [0.2, 0.25) is 5.91 Å². The Balaban J connectivity index is 1.51. The molecular weight excluding hydrogens is 510 g/mol. The number of benzene rings is 3. The number of phenols is 1. The van der Waals surface area contributed by atoms with Gasteiger partial charge in [-0.3, -0.25) is 9.69 Å². The zero-order valence-electron chi connectivity index (χ0n) is 24.3. The fraction of sp³-hybridized carbons (Fsp3) is 0.343. The van der Waals surface area contributed by atoms with E-state index in [1.807, 2.05) is 74.5 Å². The molecule has 0 aromatic heterocycles. The number of amides is 1. The summed E-state index contributed by atoms with van der Waals surface area (Å²) in [5, 5.41) is 14.7. The zero-order valence-corrected chi connectivity index (χ0v) is 24.3. The molecule has 0 bridgehead atoms. The molecule has 4 N–H and O–H groups in total. The molecule has 216 valence electrons. The summed E-state index contributed by atoms with van der Waals surface area (Å²) in [5.41, 5.74) is 11.7. The molecule has 6 heteroatoms. The van der Waals surface area contributed by atoms with Gasteiger partial charge >= 0.3 is 0 Å². The van der Waals surface area contributed by atoms with E-state index in [-0.39, 0.29) is 23.8 Å². The summed E-state index contributed by atoms with van der Waals surface area (Å²) in [5.74, 6) is 0.869. The zero-order chi connectivity index (χ0) is 29.4. The molecule has 6 nitrogen and oxygen atoms in total. The molecule has 1 fully saturated rings. The van der Waals surface area contributed by atoms with Crippen molar-refractivity contribution in [3.8, 4) is 22.6 Å². The third-order valence-electron chi connectivity index (χ3n) is 7.47. The molecule has 0 saturated carbocycles. The van der Waals surface area contributed by atoms with E-state index in [4.69, 9.17) is 10.5 Å². The number of carbonyl (C=O) groups excluding carboxylic acids is 1. The van der Waals surface area contributed by atoms with Gasteiger partial charge in [0.1, 0.15) is 17.5 Å². The number of rotatable bonds is 12. The summed E-state index contributed by atoms with van der Waals surface area (Å²) >= 11 is 0. The van der Waals surface area contributed by atoms with E-state index in [0.717, 1.165) is 71.5 Å². The molecule has 1 aliphatic rings. The van der Waals surface area contributed by atoms with Crippen LogP contribution < -0.4 is 15.8 Å². The van der Waals surface area contributed by atoms with Gasteiger partial charge < -0.3 is 20.9 Å². The molecule has 0 unspecified atom stereocenters. The average Bonchev–Trinajstić information content (AvgIpc) is 2.96. The lowest BCUT2D eigenvalue weighted by Crippen LogP contribution is -2.46. The molecule has 3 aromatic carbocycles. The first-order valence-electron chi connectivity index (χ1n) is 14.5. The van der Waals surface area contributed by atoms with Crippen LogP contribution in [0.3, 0.4) is 0 Å². The van der Waals surface area contributed by atoms with Gasteiger partial charge in [-0.25, -0.2) is 0 Å². The number of carbonyl (C=O) groups is 1. The van der Waals surface area contributed by atoms with E-state index in [9.17, 15) is 9.90 Å².